The summed E-state index contributed by atoms with van der Waals surface area (Å²) in [6.07, 6.45) is 1.12. The summed E-state index contributed by atoms with van der Waals surface area (Å²) in [5.74, 6) is 0.641. The second-order valence-corrected chi connectivity index (χ2v) is 4.54. The fourth-order valence-corrected chi connectivity index (χ4v) is 1.79. The van der Waals surface area contributed by atoms with Crippen LogP contribution in [0.15, 0.2) is 0 Å². The molecule has 0 aromatic rings. The Balaban J connectivity index is 2.58. The van der Waals surface area contributed by atoms with Gasteiger partial charge in [-0.3, -0.25) is 0 Å². The lowest BCUT2D eigenvalue weighted by atomic mass is 9.79. The summed E-state index contributed by atoms with van der Waals surface area (Å²) in [7, 11) is 1.69. The minimum atomic E-state index is 0.0596. The first-order chi connectivity index (χ1) is 5.99. The zero-order valence-corrected chi connectivity index (χ0v) is 9.05. The quantitative estimate of drug-likeness (QED) is 0.661. The average Bonchev–Trinajstić information content (AvgIpc) is 2.48. The number of nitrogens with one attached hydrogen (secondary N) is 1. The number of rotatable bonds is 1. The van der Waals surface area contributed by atoms with Gasteiger partial charge in [-0.15, -0.1) is 0 Å². The summed E-state index contributed by atoms with van der Waals surface area (Å²) >= 11 is 0. The van der Waals surface area contributed by atoms with E-state index < -0.39 is 0 Å². The first kappa shape index (κ1) is 10.4. The molecule has 1 saturated heterocycles. The van der Waals surface area contributed by atoms with Gasteiger partial charge >= 0.3 is 6.03 Å². The van der Waals surface area contributed by atoms with E-state index in [1.54, 1.807) is 7.05 Å². The topological polar surface area (TPSA) is 32.3 Å². The maximum absolute atomic E-state index is 11.3. The molecule has 0 unspecified atom stereocenters. The number of carbonyl (C=O) groups is 1. The number of nitrogens with zero attached hydrogens (tertiary/aromatic N) is 1. The van der Waals surface area contributed by atoms with E-state index in [4.69, 9.17) is 0 Å². The number of amides is 2. The van der Waals surface area contributed by atoms with Gasteiger partial charge in [0.15, 0.2) is 0 Å². The summed E-state index contributed by atoms with van der Waals surface area (Å²) in [4.78, 5) is 13.2. The Morgan fingerprint density at radius 2 is 2.15 bits per heavy atom. The molecule has 0 aromatic heterocycles. The van der Waals surface area contributed by atoms with Crippen molar-refractivity contribution in [2.75, 3.05) is 20.1 Å². The molecule has 0 spiro atoms. The van der Waals surface area contributed by atoms with Gasteiger partial charge in [-0.1, -0.05) is 20.8 Å². The van der Waals surface area contributed by atoms with Crippen molar-refractivity contribution in [1.82, 2.24) is 10.2 Å². The minimum Gasteiger partial charge on any atom is -0.341 e. The molecule has 1 aliphatic rings. The van der Waals surface area contributed by atoms with Gasteiger partial charge in [0, 0.05) is 20.1 Å². The second kappa shape index (κ2) is 3.56. The summed E-state index contributed by atoms with van der Waals surface area (Å²) in [5, 5.41) is 2.67. The van der Waals surface area contributed by atoms with Crippen molar-refractivity contribution in [2.45, 2.75) is 27.2 Å². The zero-order valence-electron chi connectivity index (χ0n) is 9.05. The molecule has 0 saturated carbocycles. The van der Waals surface area contributed by atoms with Crippen LogP contribution >= 0.6 is 0 Å². The van der Waals surface area contributed by atoms with Crippen molar-refractivity contribution < 1.29 is 4.79 Å². The van der Waals surface area contributed by atoms with Gasteiger partial charge in [0.1, 0.15) is 0 Å². The van der Waals surface area contributed by atoms with E-state index in [2.05, 4.69) is 26.1 Å². The molecule has 0 aromatic carbocycles. The van der Waals surface area contributed by atoms with Crippen LogP contribution in [0.5, 0.6) is 0 Å². The SMILES string of the molecule is CNC(=O)N1CC[C@](C)(C(C)C)C1. The largest absolute Gasteiger partial charge is 0.341 e. The third kappa shape index (κ3) is 1.95. The van der Waals surface area contributed by atoms with Crippen molar-refractivity contribution in [3.05, 3.63) is 0 Å². The highest BCUT2D eigenvalue weighted by molar-refractivity contribution is 5.74. The van der Waals surface area contributed by atoms with Gasteiger partial charge < -0.3 is 10.2 Å². The summed E-state index contributed by atoms with van der Waals surface area (Å²) < 4.78 is 0. The normalized spacial score (nSPS) is 28.2. The molecule has 1 aliphatic heterocycles. The molecule has 1 heterocycles. The van der Waals surface area contributed by atoms with E-state index >= 15 is 0 Å². The molecular formula is C10H20N2O. The van der Waals surface area contributed by atoms with Crippen LogP contribution in [0.25, 0.3) is 0 Å². The molecule has 0 radical (unpaired) electrons. The molecule has 3 heteroatoms. The molecule has 76 valence electrons. The molecule has 3 nitrogen and oxygen atoms in total. The number of hydrogen-bond acceptors (Lipinski definition) is 1. The molecule has 2 amide bonds. The summed E-state index contributed by atoms with van der Waals surface area (Å²) in [6.45, 7) is 8.51. The highest BCUT2D eigenvalue weighted by atomic mass is 16.2. The van der Waals surface area contributed by atoms with Crippen LogP contribution < -0.4 is 5.32 Å². The molecule has 0 aliphatic carbocycles. The van der Waals surface area contributed by atoms with E-state index in [-0.39, 0.29) is 6.03 Å². The molecule has 1 fully saturated rings. The van der Waals surface area contributed by atoms with Gasteiger partial charge in [0.05, 0.1) is 0 Å². The van der Waals surface area contributed by atoms with E-state index in [0.29, 0.717) is 11.3 Å². The summed E-state index contributed by atoms with van der Waals surface area (Å²) in [5.41, 5.74) is 0.312. The number of hydrogen-bond donors (Lipinski definition) is 1. The van der Waals surface area contributed by atoms with Gasteiger partial charge in [0.2, 0.25) is 0 Å². The zero-order chi connectivity index (χ0) is 10.1. The standard InChI is InChI=1S/C10H20N2O/c1-8(2)10(3)5-6-12(7-10)9(13)11-4/h8H,5-7H2,1-4H3,(H,11,13)/t10-/m0/s1. The number of likely N-dealkylation sites (tertiary alicyclic amines) is 1. The lowest BCUT2D eigenvalue weighted by Crippen LogP contribution is -2.38. The second-order valence-electron chi connectivity index (χ2n) is 4.54. The lowest BCUT2D eigenvalue weighted by molar-refractivity contribution is 0.190. The Hall–Kier alpha value is -0.730. The molecular weight excluding hydrogens is 164 g/mol. The van der Waals surface area contributed by atoms with E-state index in [1.165, 1.54) is 0 Å². The van der Waals surface area contributed by atoms with Crippen LogP contribution in [-0.4, -0.2) is 31.1 Å². The molecule has 1 atom stereocenters. The molecule has 1 N–H and O–H groups in total. The van der Waals surface area contributed by atoms with E-state index in [9.17, 15) is 4.79 Å². The monoisotopic (exact) mass is 184 g/mol. The summed E-state index contributed by atoms with van der Waals surface area (Å²) in [6, 6.07) is 0.0596. The van der Waals surface area contributed by atoms with Gasteiger partial charge in [0.25, 0.3) is 0 Å². The van der Waals surface area contributed by atoms with Crippen molar-refractivity contribution in [3.63, 3.8) is 0 Å². The van der Waals surface area contributed by atoms with Crippen LogP contribution in [0.1, 0.15) is 27.2 Å². The van der Waals surface area contributed by atoms with Crippen molar-refractivity contribution >= 4 is 6.03 Å². The maximum Gasteiger partial charge on any atom is 0.317 e. The molecule has 13 heavy (non-hydrogen) atoms. The van der Waals surface area contributed by atoms with E-state index in [0.717, 1.165) is 19.5 Å². The van der Waals surface area contributed by atoms with E-state index in [1.807, 2.05) is 4.90 Å². The Morgan fingerprint density at radius 1 is 1.54 bits per heavy atom. The third-order valence-corrected chi connectivity index (χ3v) is 3.40. The van der Waals surface area contributed by atoms with Gasteiger partial charge in [-0.25, -0.2) is 4.79 Å². The van der Waals surface area contributed by atoms with Crippen LogP contribution in [0.2, 0.25) is 0 Å². The average molecular weight is 184 g/mol. The van der Waals surface area contributed by atoms with Crippen molar-refractivity contribution in [2.24, 2.45) is 11.3 Å². The maximum atomic E-state index is 11.3. The third-order valence-electron chi connectivity index (χ3n) is 3.40. The Kier molecular flexibility index (Phi) is 2.84. The number of carbonyl (C=O) groups excluding carboxylic acids is 1. The first-order valence-corrected chi connectivity index (χ1v) is 4.96. The predicted molar refractivity (Wildman–Crippen MR) is 53.6 cm³/mol. The van der Waals surface area contributed by atoms with Gasteiger partial charge in [-0.05, 0) is 17.8 Å². The minimum absolute atomic E-state index is 0.0596. The van der Waals surface area contributed by atoms with Crippen LogP contribution in [0.3, 0.4) is 0 Å². The van der Waals surface area contributed by atoms with Crippen molar-refractivity contribution in [3.8, 4) is 0 Å². The van der Waals surface area contributed by atoms with Crippen LogP contribution in [0, 0.1) is 11.3 Å². The Labute approximate surface area is 80.5 Å². The van der Waals surface area contributed by atoms with Gasteiger partial charge in [-0.2, -0.15) is 0 Å². The highest BCUT2D eigenvalue weighted by Crippen LogP contribution is 2.36. The highest BCUT2D eigenvalue weighted by Gasteiger charge is 2.37. The first-order valence-electron chi connectivity index (χ1n) is 4.96. The molecule has 0 bridgehead atoms. The predicted octanol–water partition coefficient (Wildman–Crippen LogP) is 1.69. The number of urea groups is 1. The smallest absolute Gasteiger partial charge is 0.317 e. The van der Waals surface area contributed by atoms with Crippen LogP contribution in [-0.2, 0) is 0 Å². The molecule has 1 rings (SSSR count). The van der Waals surface area contributed by atoms with Crippen molar-refractivity contribution in [1.29, 1.82) is 0 Å². The Bertz CT molecular complexity index is 203. The fourth-order valence-electron chi connectivity index (χ4n) is 1.79. The fraction of sp³-hybridized carbons (Fsp3) is 0.900. The Morgan fingerprint density at radius 3 is 2.54 bits per heavy atom. The lowest BCUT2D eigenvalue weighted by Gasteiger charge is -2.28. The van der Waals surface area contributed by atoms with Crippen LogP contribution in [0.4, 0.5) is 4.79 Å².